The topological polar surface area (TPSA) is 67.4 Å². The minimum atomic E-state index is -4.45. The zero-order valence-corrected chi connectivity index (χ0v) is 14.8. The molecule has 2 N–H and O–H groups in total. The Balaban J connectivity index is 1.47. The molecule has 0 radical (unpaired) electrons. The van der Waals surface area contributed by atoms with Crippen LogP contribution in [0.1, 0.15) is 30.4 Å². The van der Waals surface area contributed by atoms with Crippen LogP contribution in [0, 0.1) is 5.92 Å². The number of benzene rings is 2. The smallest absolute Gasteiger partial charge is 0.416 e. The van der Waals surface area contributed by atoms with Crippen LogP contribution in [0.2, 0.25) is 0 Å². The molecule has 1 fully saturated rings. The van der Waals surface area contributed by atoms with E-state index in [-0.39, 0.29) is 17.4 Å². The number of nitrogens with one attached hydrogen (secondary N) is 2. The number of rotatable bonds is 3. The van der Waals surface area contributed by atoms with Crippen molar-refractivity contribution in [3.05, 3.63) is 53.6 Å². The van der Waals surface area contributed by atoms with Crippen molar-refractivity contribution in [3.8, 4) is 5.75 Å². The van der Waals surface area contributed by atoms with Gasteiger partial charge in [-0.25, -0.2) is 0 Å². The normalized spacial score (nSPS) is 23.3. The van der Waals surface area contributed by atoms with Gasteiger partial charge in [-0.3, -0.25) is 9.59 Å². The lowest BCUT2D eigenvalue weighted by molar-refractivity contribution is -0.138. The second-order valence-electron chi connectivity index (χ2n) is 6.98. The standard InChI is InChI=1S/C20H17F3N2O3/c1-10-18(26)25-16-8-11(6-7-17(16)28-10)24-19(27)14-9-13(14)12-4-2-3-5-15(12)20(21,22)23/h2-8,10,13-14H,9H2,1H3,(H,24,27)(H,25,26). The number of hydrogen-bond donors (Lipinski definition) is 2. The van der Waals surface area contributed by atoms with E-state index in [0.717, 1.165) is 6.07 Å². The number of halogens is 3. The number of fused-ring (bicyclic) bond motifs is 1. The zero-order valence-electron chi connectivity index (χ0n) is 14.8. The molecule has 1 heterocycles. The second-order valence-corrected chi connectivity index (χ2v) is 6.98. The summed E-state index contributed by atoms with van der Waals surface area (Å²) < 4.78 is 45.0. The summed E-state index contributed by atoms with van der Waals surface area (Å²) in [7, 11) is 0. The van der Waals surface area contributed by atoms with Gasteiger partial charge in [0.2, 0.25) is 5.91 Å². The Kier molecular flexibility index (Phi) is 4.28. The van der Waals surface area contributed by atoms with Crippen LogP contribution in [-0.2, 0) is 15.8 Å². The molecule has 0 bridgehead atoms. The molecule has 28 heavy (non-hydrogen) atoms. The highest BCUT2D eigenvalue weighted by molar-refractivity contribution is 6.00. The molecule has 1 aliphatic carbocycles. The molecular formula is C20H17F3N2O3. The van der Waals surface area contributed by atoms with E-state index in [1.165, 1.54) is 12.1 Å². The van der Waals surface area contributed by atoms with Gasteiger partial charge in [-0.05, 0) is 49.1 Å². The van der Waals surface area contributed by atoms with E-state index in [2.05, 4.69) is 10.6 Å². The van der Waals surface area contributed by atoms with Crippen LogP contribution in [0.5, 0.6) is 5.75 Å². The average molecular weight is 390 g/mol. The summed E-state index contributed by atoms with van der Waals surface area (Å²) in [6.45, 7) is 1.62. The van der Waals surface area contributed by atoms with Gasteiger partial charge >= 0.3 is 6.18 Å². The van der Waals surface area contributed by atoms with Crippen molar-refractivity contribution in [3.63, 3.8) is 0 Å². The van der Waals surface area contributed by atoms with Gasteiger partial charge in [-0.1, -0.05) is 18.2 Å². The molecule has 4 rings (SSSR count). The first-order valence-corrected chi connectivity index (χ1v) is 8.82. The van der Waals surface area contributed by atoms with Gasteiger partial charge in [0.15, 0.2) is 6.10 Å². The summed E-state index contributed by atoms with van der Waals surface area (Å²) in [5.41, 5.74) is 0.334. The van der Waals surface area contributed by atoms with E-state index in [4.69, 9.17) is 4.74 Å². The molecule has 1 aliphatic heterocycles. The van der Waals surface area contributed by atoms with E-state index in [1.54, 1.807) is 31.2 Å². The summed E-state index contributed by atoms with van der Waals surface area (Å²) in [5, 5.41) is 5.40. The largest absolute Gasteiger partial charge is 0.479 e. The molecule has 0 aromatic heterocycles. The van der Waals surface area contributed by atoms with Gasteiger partial charge in [0.05, 0.1) is 11.3 Å². The molecule has 2 aromatic rings. The van der Waals surface area contributed by atoms with Crippen molar-refractivity contribution in [2.24, 2.45) is 5.92 Å². The van der Waals surface area contributed by atoms with E-state index >= 15 is 0 Å². The molecular weight excluding hydrogens is 373 g/mol. The predicted octanol–water partition coefficient (Wildman–Crippen LogP) is 4.17. The molecule has 3 unspecified atom stereocenters. The molecule has 2 aliphatic rings. The Bertz CT molecular complexity index is 958. The number of ether oxygens (including phenoxy) is 1. The highest BCUT2D eigenvalue weighted by atomic mass is 19.4. The first-order valence-electron chi connectivity index (χ1n) is 8.82. The van der Waals surface area contributed by atoms with E-state index in [1.807, 2.05) is 0 Å². The van der Waals surface area contributed by atoms with Gasteiger partial charge in [0.1, 0.15) is 5.75 Å². The number of carbonyl (C=O) groups excluding carboxylic acids is 2. The maximum atomic E-state index is 13.2. The van der Waals surface area contributed by atoms with Gasteiger partial charge in [0.25, 0.3) is 5.91 Å². The maximum absolute atomic E-state index is 13.2. The number of anilines is 2. The minimum absolute atomic E-state index is 0.148. The van der Waals surface area contributed by atoms with Crippen molar-refractivity contribution in [2.45, 2.75) is 31.5 Å². The van der Waals surface area contributed by atoms with Crippen molar-refractivity contribution in [1.82, 2.24) is 0 Å². The average Bonchev–Trinajstić information content (AvgIpc) is 3.43. The maximum Gasteiger partial charge on any atom is 0.416 e. The lowest BCUT2D eigenvalue weighted by atomic mass is 10.0. The molecule has 3 atom stereocenters. The van der Waals surface area contributed by atoms with Crippen LogP contribution >= 0.6 is 0 Å². The Morgan fingerprint density at radius 2 is 1.96 bits per heavy atom. The van der Waals surface area contributed by atoms with Crippen LogP contribution < -0.4 is 15.4 Å². The highest BCUT2D eigenvalue weighted by Crippen LogP contribution is 2.51. The van der Waals surface area contributed by atoms with Crippen LogP contribution in [0.3, 0.4) is 0 Å². The number of alkyl halides is 3. The lowest BCUT2D eigenvalue weighted by Crippen LogP contribution is -2.34. The molecule has 146 valence electrons. The van der Waals surface area contributed by atoms with Gasteiger partial charge in [-0.15, -0.1) is 0 Å². The molecule has 1 saturated carbocycles. The molecule has 2 amide bonds. The number of hydrogen-bond acceptors (Lipinski definition) is 3. The summed E-state index contributed by atoms with van der Waals surface area (Å²) in [4.78, 5) is 24.2. The monoisotopic (exact) mass is 390 g/mol. The van der Waals surface area contributed by atoms with E-state index < -0.39 is 29.7 Å². The molecule has 0 spiro atoms. The fourth-order valence-electron chi connectivity index (χ4n) is 3.43. The van der Waals surface area contributed by atoms with E-state index in [9.17, 15) is 22.8 Å². The highest BCUT2D eigenvalue weighted by Gasteiger charge is 2.47. The van der Waals surface area contributed by atoms with Crippen molar-refractivity contribution in [2.75, 3.05) is 10.6 Å². The van der Waals surface area contributed by atoms with Crippen LogP contribution in [-0.4, -0.2) is 17.9 Å². The van der Waals surface area contributed by atoms with Gasteiger partial charge in [-0.2, -0.15) is 13.2 Å². The lowest BCUT2D eigenvalue weighted by Gasteiger charge is -2.23. The van der Waals surface area contributed by atoms with Crippen LogP contribution in [0.15, 0.2) is 42.5 Å². The van der Waals surface area contributed by atoms with Crippen molar-refractivity contribution in [1.29, 1.82) is 0 Å². The second kappa shape index (κ2) is 6.54. The van der Waals surface area contributed by atoms with Gasteiger partial charge < -0.3 is 15.4 Å². The molecule has 5 nitrogen and oxygen atoms in total. The quantitative estimate of drug-likeness (QED) is 0.827. The Labute approximate surface area is 158 Å². The van der Waals surface area contributed by atoms with Crippen LogP contribution in [0.4, 0.5) is 24.5 Å². The molecule has 0 saturated heterocycles. The Morgan fingerprint density at radius 3 is 2.71 bits per heavy atom. The zero-order chi connectivity index (χ0) is 20.1. The number of carbonyl (C=O) groups is 2. The fraction of sp³-hybridized carbons (Fsp3) is 0.300. The third kappa shape index (κ3) is 3.42. The fourth-order valence-corrected chi connectivity index (χ4v) is 3.43. The first-order chi connectivity index (χ1) is 13.2. The van der Waals surface area contributed by atoms with Crippen molar-refractivity contribution < 1.29 is 27.5 Å². The SMILES string of the molecule is CC1Oc2ccc(NC(=O)C3CC3c3ccccc3C(F)(F)F)cc2NC1=O. The minimum Gasteiger partial charge on any atom is -0.479 e. The summed E-state index contributed by atoms with van der Waals surface area (Å²) in [5.74, 6) is -1.13. The Hall–Kier alpha value is -3.03. The third-order valence-corrected chi connectivity index (χ3v) is 4.97. The van der Waals surface area contributed by atoms with Crippen LogP contribution in [0.25, 0.3) is 0 Å². The predicted molar refractivity (Wildman–Crippen MR) is 96.1 cm³/mol. The molecule has 8 heteroatoms. The first kappa shape index (κ1) is 18.3. The molecule has 2 aromatic carbocycles. The number of amides is 2. The summed E-state index contributed by atoms with van der Waals surface area (Å²) >= 11 is 0. The van der Waals surface area contributed by atoms with E-state index in [0.29, 0.717) is 23.5 Å². The van der Waals surface area contributed by atoms with Crippen molar-refractivity contribution >= 4 is 23.2 Å². The summed E-state index contributed by atoms with van der Waals surface area (Å²) in [6, 6.07) is 10.2. The van der Waals surface area contributed by atoms with Gasteiger partial charge in [0, 0.05) is 11.6 Å². The Morgan fingerprint density at radius 1 is 1.21 bits per heavy atom. The summed E-state index contributed by atoms with van der Waals surface area (Å²) in [6.07, 6.45) is -4.69. The third-order valence-electron chi connectivity index (χ3n) is 4.97.